The van der Waals surface area contributed by atoms with Crippen molar-refractivity contribution in [1.82, 2.24) is 0 Å². The molecule has 2 N–H and O–H groups in total. The lowest BCUT2D eigenvalue weighted by atomic mass is 9.35. The number of esters is 2. The molecule has 228 valence electrons. The Morgan fingerprint density at radius 1 is 0.850 bits per heavy atom. The maximum Gasteiger partial charge on any atom is 0.302 e. The van der Waals surface area contributed by atoms with Gasteiger partial charge in [0.1, 0.15) is 12.2 Å². The topological polar surface area (TPSA) is 93.1 Å². The fourth-order valence-corrected chi connectivity index (χ4v) is 10.9. The number of aliphatic hydroxyl groups is 2. The lowest BCUT2D eigenvalue weighted by Crippen LogP contribution is -2.67. The average Bonchev–Trinajstić information content (AvgIpc) is 3.16. The zero-order valence-corrected chi connectivity index (χ0v) is 26.8. The number of carbonyl (C=O) groups is 2. The van der Waals surface area contributed by atoms with E-state index in [9.17, 15) is 19.8 Å². The van der Waals surface area contributed by atoms with E-state index in [4.69, 9.17) is 9.47 Å². The molecule has 4 saturated carbocycles. The van der Waals surface area contributed by atoms with Crippen LogP contribution in [0.15, 0.2) is 12.2 Å². The van der Waals surface area contributed by atoms with Gasteiger partial charge in [0.2, 0.25) is 0 Å². The maximum absolute atomic E-state index is 12.5. The molecule has 0 saturated heterocycles. The molecule has 0 bridgehead atoms. The summed E-state index contributed by atoms with van der Waals surface area (Å²) < 4.78 is 12.1. The van der Waals surface area contributed by atoms with Crippen LogP contribution in [0.25, 0.3) is 0 Å². The van der Waals surface area contributed by atoms with E-state index in [2.05, 4.69) is 34.6 Å². The summed E-state index contributed by atoms with van der Waals surface area (Å²) in [5, 5.41) is 22.1. The second kappa shape index (κ2) is 10.1. The molecule has 0 heterocycles. The SMILES string of the molecule is CC(=O)O[C@@H]1CC2[C@@]3(C)CC[C@@H](OC(C)=O)C(C)(C)C3CC[C@@]2(C)[C@]2(C)CCC(C(C)(O)CC=CC(C)(C)O)C12. The van der Waals surface area contributed by atoms with Crippen LogP contribution in [-0.2, 0) is 19.1 Å². The Morgan fingerprint density at radius 3 is 2.02 bits per heavy atom. The second-order valence-electron chi connectivity index (χ2n) is 16.1. The van der Waals surface area contributed by atoms with Crippen LogP contribution in [0.3, 0.4) is 0 Å². The fraction of sp³-hybridized carbons (Fsp3) is 0.882. The van der Waals surface area contributed by atoms with Crippen molar-refractivity contribution >= 4 is 11.9 Å². The molecule has 0 aliphatic heterocycles. The molecule has 6 nitrogen and oxygen atoms in total. The first-order chi connectivity index (χ1) is 18.2. The van der Waals surface area contributed by atoms with Crippen molar-refractivity contribution in [2.45, 2.75) is 144 Å². The van der Waals surface area contributed by atoms with E-state index in [1.54, 1.807) is 19.9 Å². The lowest BCUT2D eigenvalue weighted by Gasteiger charge is -2.70. The van der Waals surface area contributed by atoms with Gasteiger partial charge in [-0.25, -0.2) is 0 Å². The monoisotopic (exact) mass is 560 g/mol. The molecule has 6 heteroatoms. The summed E-state index contributed by atoms with van der Waals surface area (Å²) in [6.07, 6.45) is 10.5. The molecule has 40 heavy (non-hydrogen) atoms. The second-order valence-corrected chi connectivity index (χ2v) is 16.1. The number of fused-ring (bicyclic) bond motifs is 5. The first-order valence-corrected chi connectivity index (χ1v) is 15.7. The molecule has 4 aliphatic rings. The van der Waals surface area contributed by atoms with Crippen LogP contribution in [-0.4, -0.2) is 45.6 Å². The normalized spacial score (nSPS) is 44.2. The summed E-state index contributed by atoms with van der Waals surface area (Å²) in [6, 6.07) is 0. The van der Waals surface area contributed by atoms with Crippen molar-refractivity contribution in [2.75, 3.05) is 0 Å². The molecule has 10 atom stereocenters. The molecule has 5 unspecified atom stereocenters. The molecule has 0 aromatic rings. The number of carbonyl (C=O) groups excluding carboxylic acids is 2. The summed E-state index contributed by atoms with van der Waals surface area (Å²) in [7, 11) is 0. The van der Waals surface area contributed by atoms with Gasteiger partial charge < -0.3 is 19.7 Å². The molecule has 0 aromatic heterocycles. The van der Waals surface area contributed by atoms with E-state index in [1.165, 1.54) is 13.8 Å². The van der Waals surface area contributed by atoms with Gasteiger partial charge in [0, 0.05) is 25.2 Å². The van der Waals surface area contributed by atoms with Gasteiger partial charge in [0.05, 0.1) is 11.2 Å². The minimum Gasteiger partial charge on any atom is -0.462 e. The number of hydrogen-bond donors (Lipinski definition) is 2. The van der Waals surface area contributed by atoms with Crippen molar-refractivity contribution in [1.29, 1.82) is 0 Å². The Morgan fingerprint density at radius 2 is 1.45 bits per heavy atom. The van der Waals surface area contributed by atoms with Crippen molar-refractivity contribution in [3.63, 3.8) is 0 Å². The summed E-state index contributed by atoms with van der Waals surface area (Å²) in [5.74, 6) is 0.370. The van der Waals surface area contributed by atoms with Gasteiger partial charge in [0.15, 0.2) is 0 Å². The highest BCUT2D eigenvalue weighted by atomic mass is 16.5. The van der Waals surface area contributed by atoms with Crippen LogP contribution in [0.4, 0.5) is 0 Å². The molecular formula is C34H56O6. The Labute approximate surface area is 242 Å². The summed E-state index contributed by atoms with van der Waals surface area (Å²) >= 11 is 0. The van der Waals surface area contributed by atoms with E-state index >= 15 is 0 Å². The third kappa shape index (κ3) is 5.08. The van der Waals surface area contributed by atoms with Gasteiger partial charge in [-0.2, -0.15) is 0 Å². The first-order valence-electron chi connectivity index (χ1n) is 15.7. The van der Waals surface area contributed by atoms with E-state index in [-0.39, 0.29) is 57.6 Å². The van der Waals surface area contributed by atoms with Crippen molar-refractivity contribution in [3.05, 3.63) is 12.2 Å². The van der Waals surface area contributed by atoms with Crippen molar-refractivity contribution < 1.29 is 29.3 Å². The zero-order valence-electron chi connectivity index (χ0n) is 26.8. The van der Waals surface area contributed by atoms with Gasteiger partial charge in [0.25, 0.3) is 0 Å². The fourth-order valence-electron chi connectivity index (χ4n) is 10.9. The highest BCUT2D eigenvalue weighted by Crippen LogP contribution is 2.76. The standard InChI is InChI=1S/C34H56O6/c1-21(35)39-24-20-26-31(7)17-14-27(40-22(2)36)30(5,6)25(31)13-19-32(26,8)33(9)18-12-23(28(24)33)34(10,38)16-11-15-29(3,4)37/h11,15,23-28,37-38H,12-14,16-20H2,1-10H3/t23?,24-,25?,26?,27-,28?,31+,32-,33-,34?/m1/s1. The van der Waals surface area contributed by atoms with Crippen LogP contribution >= 0.6 is 0 Å². The van der Waals surface area contributed by atoms with Crippen molar-refractivity contribution in [3.8, 4) is 0 Å². The Bertz CT molecular complexity index is 1020. The predicted octanol–water partition coefficient (Wildman–Crippen LogP) is 6.61. The van der Waals surface area contributed by atoms with Gasteiger partial charge in [-0.3, -0.25) is 9.59 Å². The molecule has 4 fully saturated rings. The Kier molecular flexibility index (Phi) is 7.97. The van der Waals surface area contributed by atoms with Crippen LogP contribution < -0.4 is 0 Å². The van der Waals surface area contributed by atoms with Crippen LogP contribution in [0.2, 0.25) is 0 Å². The quantitative estimate of drug-likeness (QED) is 0.280. The molecule has 0 amide bonds. The minimum atomic E-state index is -0.975. The molecule has 0 radical (unpaired) electrons. The zero-order chi connectivity index (χ0) is 30.1. The molecular weight excluding hydrogens is 504 g/mol. The van der Waals surface area contributed by atoms with Gasteiger partial charge in [-0.05, 0) is 106 Å². The smallest absolute Gasteiger partial charge is 0.302 e. The third-order valence-corrected chi connectivity index (χ3v) is 12.8. The Balaban J connectivity index is 1.72. The van der Waals surface area contributed by atoms with Gasteiger partial charge in [-0.15, -0.1) is 0 Å². The predicted molar refractivity (Wildman–Crippen MR) is 156 cm³/mol. The summed E-state index contributed by atoms with van der Waals surface area (Å²) in [6.45, 7) is 20.4. The number of hydrogen-bond acceptors (Lipinski definition) is 6. The van der Waals surface area contributed by atoms with E-state index < -0.39 is 11.2 Å². The third-order valence-electron chi connectivity index (χ3n) is 12.8. The molecule has 4 rings (SSSR count). The lowest BCUT2D eigenvalue weighted by molar-refractivity contribution is -0.252. The summed E-state index contributed by atoms with van der Waals surface area (Å²) in [4.78, 5) is 24.5. The van der Waals surface area contributed by atoms with Crippen LogP contribution in [0.5, 0.6) is 0 Å². The molecule has 0 aromatic carbocycles. The molecule has 4 aliphatic carbocycles. The summed E-state index contributed by atoms with van der Waals surface area (Å²) in [5.41, 5.74) is -2.05. The van der Waals surface area contributed by atoms with Crippen molar-refractivity contribution in [2.24, 2.45) is 45.3 Å². The average molecular weight is 561 g/mol. The van der Waals surface area contributed by atoms with Gasteiger partial charge >= 0.3 is 11.9 Å². The van der Waals surface area contributed by atoms with Crippen LogP contribution in [0, 0.1) is 45.3 Å². The van der Waals surface area contributed by atoms with Crippen LogP contribution in [0.1, 0.15) is 121 Å². The number of rotatable bonds is 6. The highest BCUT2D eigenvalue weighted by Gasteiger charge is 2.72. The van der Waals surface area contributed by atoms with E-state index in [0.29, 0.717) is 18.3 Å². The first kappa shape index (κ1) is 31.5. The maximum atomic E-state index is 12.5. The highest BCUT2D eigenvalue weighted by molar-refractivity contribution is 5.66. The molecule has 0 spiro atoms. The van der Waals surface area contributed by atoms with Gasteiger partial charge in [-0.1, -0.05) is 46.8 Å². The Hall–Kier alpha value is -1.40. The largest absolute Gasteiger partial charge is 0.462 e. The van der Waals surface area contributed by atoms with E-state index in [1.807, 2.05) is 13.0 Å². The minimum absolute atomic E-state index is 0.00671. The number of ether oxygens (including phenoxy) is 2. The van der Waals surface area contributed by atoms with E-state index in [0.717, 1.165) is 44.9 Å².